The van der Waals surface area contributed by atoms with Crippen LogP contribution in [0.4, 0.5) is 11.4 Å². The lowest BCUT2D eigenvalue weighted by atomic mass is 9.87. The van der Waals surface area contributed by atoms with Gasteiger partial charge < -0.3 is 10.2 Å². The van der Waals surface area contributed by atoms with E-state index in [1.165, 1.54) is 37.7 Å². The second-order valence-corrected chi connectivity index (χ2v) is 6.87. The van der Waals surface area contributed by atoms with Crippen molar-refractivity contribution < 1.29 is 9.59 Å². The molecule has 0 unspecified atom stereocenters. The zero-order chi connectivity index (χ0) is 16.2. The molecule has 1 saturated carbocycles. The van der Waals surface area contributed by atoms with Crippen LogP contribution in [0.15, 0.2) is 18.2 Å². The Morgan fingerprint density at radius 1 is 1.17 bits per heavy atom. The SMILES string of the molecule is CC(=O)N1CCCc2ccc(NC(=O)CC3CCCCC3)cc21. The third-order valence-corrected chi connectivity index (χ3v) is 5.07. The van der Waals surface area contributed by atoms with E-state index in [4.69, 9.17) is 0 Å². The summed E-state index contributed by atoms with van der Waals surface area (Å²) in [6, 6.07) is 5.95. The molecule has 0 aromatic heterocycles. The van der Waals surface area contributed by atoms with Crippen molar-refractivity contribution in [1.82, 2.24) is 0 Å². The summed E-state index contributed by atoms with van der Waals surface area (Å²) in [5.41, 5.74) is 2.95. The van der Waals surface area contributed by atoms with Gasteiger partial charge in [-0.05, 0) is 49.3 Å². The fourth-order valence-corrected chi connectivity index (χ4v) is 3.84. The van der Waals surface area contributed by atoms with Gasteiger partial charge in [0.1, 0.15) is 0 Å². The molecule has 3 rings (SSSR count). The molecule has 2 amide bonds. The van der Waals surface area contributed by atoms with E-state index >= 15 is 0 Å². The van der Waals surface area contributed by atoms with E-state index in [1.54, 1.807) is 6.92 Å². The van der Waals surface area contributed by atoms with Crippen molar-refractivity contribution in [1.29, 1.82) is 0 Å². The Morgan fingerprint density at radius 2 is 1.96 bits per heavy atom. The molecule has 23 heavy (non-hydrogen) atoms. The van der Waals surface area contributed by atoms with Crippen molar-refractivity contribution in [2.75, 3.05) is 16.8 Å². The molecule has 1 aromatic rings. The summed E-state index contributed by atoms with van der Waals surface area (Å²) in [7, 11) is 0. The Labute approximate surface area is 138 Å². The lowest BCUT2D eigenvalue weighted by molar-refractivity contribution is -0.117. The van der Waals surface area contributed by atoms with Gasteiger partial charge in [-0.15, -0.1) is 0 Å². The summed E-state index contributed by atoms with van der Waals surface area (Å²) < 4.78 is 0. The molecule has 0 bridgehead atoms. The smallest absolute Gasteiger partial charge is 0.224 e. The Balaban J connectivity index is 1.67. The zero-order valence-electron chi connectivity index (χ0n) is 13.9. The molecule has 1 heterocycles. The van der Waals surface area contributed by atoms with Crippen LogP contribution >= 0.6 is 0 Å². The molecule has 1 fully saturated rings. The first-order valence-electron chi connectivity index (χ1n) is 8.84. The first-order chi connectivity index (χ1) is 11.1. The minimum absolute atomic E-state index is 0.0663. The summed E-state index contributed by atoms with van der Waals surface area (Å²) in [6.45, 7) is 2.37. The minimum atomic E-state index is 0.0663. The molecule has 0 spiro atoms. The average molecular weight is 314 g/mol. The highest BCUT2D eigenvalue weighted by molar-refractivity contribution is 5.95. The van der Waals surface area contributed by atoms with Gasteiger partial charge in [0, 0.05) is 31.3 Å². The fraction of sp³-hybridized carbons (Fsp3) is 0.579. The van der Waals surface area contributed by atoms with E-state index in [0.29, 0.717) is 12.3 Å². The van der Waals surface area contributed by atoms with Crippen LogP contribution in [0.5, 0.6) is 0 Å². The van der Waals surface area contributed by atoms with Crippen molar-refractivity contribution in [2.45, 2.75) is 58.3 Å². The number of nitrogens with zero attached hydrogens (tertiary/aromatic N) is 1. The molecule has 1 aromatic carbocycles. The number of nitrogens with one attached hydrogen (secondary N) is 1. The van der Waals surface area contributed by atoms with Crippen LogP contribution in [0.2, 0.25) is 0 Å². The highest BCUT2D eigenvalue weighted by Crippen LogP contribution is 2.31. The van der Waals surface area contributed by atoms with Crippen LogP contribution in [0, 0.1) is 5.92 Å². The van der Waals surface area contributed by atoms with E-state index in [0.717, 1.165) is 30.8 Å². The topological polar surface area (TPSA) is 49.4 Å². The maximum atomic E-state index is 12.3. The van der Waals surface area contributed by atoms with E-state index in [9.17, 15) is 9.59 Å². The molecular weight excluding hydrogens is 288 g/mol. The number of benzene rings is 1. The fourth-order valence-electron chi connectivity index (χ4n) is 3.84. The van der Waals surface area contributed by atoms with Crippen LogP contribution in [0.3, 0.4) is 0 Å². The quantitative estimate of drug-likeness (QED) is 0.920. The van der Waals surface area contributed by atoms with Gasteiger partial charge in [-0.3, -0.25) is 9.59 Å². The van der Waals surface area contributed by atoms with Gasteiger partial charge in [0.25, 0.3) is 0 Å². The highest BCUT2D eigenvalue weighted by Gasteiger charge is 2.21. The summed E-state index contributed by atoms with van der Waals surface area (Å²) in [6.07, 6.45) is 8.78. The molecule has 2 aliphatic rings. The Morgan fingerprint density at radius 3 is 2.70 bits per heavy atom. The predicted octanol–water partition coefficient (Wildman–Crippen LogP) is 3.89. The van der Waals surface area contributed by atoms with E-state index < -0.39 is 0 Å². The molecule has 0 atom stereocenters. The largest absolute Gasteiger partial charge is 0.326 e. The molecule has 0 radical (unpaired) electrons. The number of fused-ring (bicyclic) bond motifs is 1. The molecule has 4 heteroatoms. The zero-order valence-corrected chi connectivity index (χ0v) is 13.9. The molecule has 1 aliphatic heterocycles. The minimum Gasteiger partial charge on any atom is -0.326 e. The van der Waals surface area contributed by atoms with Crippen LogP contribution in [-0.2, 0) is 16.0 Å². The molecule has 124 valence electrons. The monoisotopic (exact) mass is 314 g/mol. The van der Waals surface area contributed by atoms with Crippen molar-refractivity contribution in [3.05, 3.63) is 23.8 Å². The number of anilines is 2. The Hall–Kier alpha value is -1.84. The lowest BCUT2D eigenvalue weighted by Crippen LogP contribution is -2.33. The Kier molecular flexibility index (Phi) is 4.99. The average Bonchev–Trinajstić information content (AvgIpc) is 2.55. The molecular formula is C19H26N2O2. The third kappa shape index (κ3) is 3.92. The standard InChI is InChI=1S/C19H26N2O2/c1-14(22)21-11-5-8-16-9-10-17(13-18(16)21)20-19(23)12-15-6-3-2-4-7-15/h9-10,13,15H,2-8,11-12H2,1H3,(H,20,23). The number of aryl methyl sites for hydroxylation is 1. The van der Waals surface area contributed by atoms with Gasteiger partial charge in [-0.25, -0.2) is 0 Å². The highest BCUT2D eigenvalue weighted by atomic mass is 16.2. The maximum absolute atomic E-state index is 12.3. The predicted molar refractivity (Wildman–Crippen MR) is 92.6 cm³/mol. The summed E-state index contributed by atoms with van der Waals surface area (Å²) in [4.78, 5) is 25.9. The molecule has 1 aliphatic carbocycles. The second-order valence-electron chi connectivity index (χ2n) is 6.87. The first kappa shape index (κ1) is 16.0. The number of hydrogen-bond acceptors (Lipinski definition) is 2. The summed E-state index contributed by atoms with van der Waals surface area (Å²) in [5.74, 6) is 0.703. The van der Waals surface area contributed by atoms with Gasteiger partial charge in [-0.2, -0.15) is 0 Å². The number of hydrogen-bond donors (Lipinski definition) is 1. The molecule has 4 nitrogen and oxygen atoms in total. The van der Waals surface area contributed by atoms with Gasteiger partial charge in [0.2, 0.25) is 11.8 Å². The number of amides is 2. The normalized spacial score (nSPS) is 18.4. The van der Waals surface area contributed by atoms with Crippen molar-refractivity contribution in [3.63, 3.8) is 0 Å². The molecule has 1 N–H and O–H groups in total. The Bertz CT molecular complexity index is 591. The van der Waals surface area contributed by atoms with E-state index in [-0.39, 0.29) is 11.8 Å². The van der Waals surface area contributed by atoms with E-state index in [1.807, 2.05) is 23.1 Å². The van der Waals surface area contributed by atoms with E-state index in [2.05, 4.69) is 5.32 Å². The number of carbonyl (C=O) groups excluding carboxylic acids is 2. The van der Waals surface area contributed by atoms with Gasteiger partial charge in [-0.1, -0.05) is 25.3 Å². The first-order valence-corrected chi connectivity index (χ1v) is 8.84. The lowest BCUT2D eigenvalue weighted by Gasteiger charge is -2.29. The molecule has 0 saturated heterocycles. The van der Waals surface area contributed by atoms with Crippen LogP contribution in [0.25, 0.3) is 0 Å². The summed E-state index contributed by atoms with van der Waals surface area (Å²) >= 11 is 0. The maximum Gasteiger partial charge on any atom is 0.224 e. The van der Waals surface area contributed by atoms with Gasteiger partial charge in [0.15, 0.2) is 0 Å². The van der Waals surface area contributed by atoms with Crippen LogP contribution < -0.4 is 10.2 Å². The van der Waals surface area contributed by atoms with Crippen LogP contribution in [0.1, 0.15) is 57.4 Å². The van der Waals surface area contributed by atoms with Gasteiger partial charge in [0.05, 0.1) is 0 Å². The number of rotatable bonds is 3. The number of carbonyl (C=O) groups is 2. The van der Waals surface area contributed by atoms with Crippen LogP contribution in [-0.4, -0.2) is 18.4 Å². The second kappa shape index (κ2) is 7.16. The van der Waals surface area contributed by atoms with Crippen molar-refractivity contribution >= 4 is 23.2 Å². The summed E-state index contributed by atoms with van der Waals surface area (Å²) in [5, 5.41) is 3.02. The van der Waals surface area contributed by atoms with Gasteiger partial charge >= 0.3 is 0 Å². The third-order valence-electron chi connectivity index (χ3n) is 5.07. The van der Waals surface area contributed by atoms with Crippen molar-refractivity contribution in [3.8, 4) is 0 Å². The van der Waals surface area contributed by atoms with Crippen molar-refractivity contribution in [2.24, 2.45) is 5.92 Å².